The van der Waals surface area contributed by atoms with Gasteiger partial charge < -0.3 is 10.6 Å². The first-order valence-electron chi connectivity index (χ1n) is 9.03. The molecule has 0 saturated heterocycles. The average Bonchev–Trinajstić information content (AvgIpc) is 2.64. The Morgan fingerprint density at radius 2 is 1.79 bits per heavy atom. The number of hydrogen-bond donors (Lipinski definition) is 2. The molecule has 1 atom stereocenters. The fraction of sp³-hybridized carbons (Fsp3) is 0.350. The minimum atomic E-state index is -3.61. The second-order valence-electron chi connectivity index (χ2n) is 7.10. The first-order valence-corrected chi connectivity index (χ1v) is 10.8. The van der Waals surface area contributed by atoms with Crippen molar-refractivity contribution >= 4 is 33.2 Å². The largest absolute Gasteiger partial charge is 0.332 e. The number of sulfonamides is 1. The fourth-order valence-electron chi connectivity index (χ4n) is 2.88. The van der Waals surface area contributed by atoms with Crippen LogP contribution >= 0.6 is 11.6 Å². The van der Waals surface area contributed by atoms with Crippen LogP contribution in [0.1, 0.15) is 25.5 Å². The van der Waals surface area contributed by atoms with Gasteiger partial charge in [0.05, 0.1) is 15.6 Å². The van der Waals surface area contributed by atoms with Gasteiger partial charge in [-0.15, -0.1) is 0 Å². The molecule has 0 saturated carbocycles. The van der Waals surface area contributed by atoms with Crippen LogP contribution < -0.4 is 10.6 Å². The van der Waals surface area contributed by atoms with E-state index in [1.165, 1.54) is 32.3 Å². The van der Waals surface area contributed by atoms with Gasteiger partial charge in [0.1, 0.15) is 6.04 Å². The number of halogens is 1. The summed E-state index contributed by atoms with van der Waals surface area (Å²) < 4.78 is 25.7. The van der Waals surface area contributed by atoms with Crippen LogP contribution in [-0.2, 0) is 14.8 Å². The van der Waals surface area contributed by atoms with E-state index in [0.29, 0.717) is 5.92 Å². The molecule has 0 radical (unpaired) electrons. The molecule has 2 rings (SSSR count). The summed E-state index contributed by atoms with van der Waals surface area (Å²) in [6.45, 7) is 4.41. The molecule has 0 bridgehead atoms. The Morgan fingerprint density at radius 3 is 2.36 bits per heavy atom. The minimum Gasteiger partial charge on any atom is -0.332 e. The average molecular weight is 425 g/mol. The van der Waals surface area contributed by atoms with E-state index in [1.807, 2.05) is 35.6 Å². The summed E-state index contributed by atoms with van der Waals surface area (Å²) in [7, 11) is -0.707. The topological polar surface area (TPSA) is 83.1 Å². The highest BCUT2D eigenvalue weighted by atomic mass is 35.5. The van der Waals surface area contributed by atoms with Gasteiger partial charge in [-0.05, 0) is 18.2 Å². The molecule has 0 aliphatic heterocycles. The van der Waals surface area contributed by atoms with Gasteiger partial charge in [-0.25, -0.2) is 12.7 Å². The second kappa shape index (κ2) is 9.52. The Hall–Kier alpha value is -1.93. The third-order valence-electron chi connectivity index (χ3n) is 4.45. The number of nitrogens with two attached hydrogens (primary N) is 1. The SMILES string of the molecule is CC(C)[C@@H]([NH2+]CC(=O)Nc1cc(S(=O)(=O)N(C)C)ccc1Cl)c1ccccc1. The van der Waals surface area contributed by atoms with Crippen LogP contribution in [0.15, 0.2) is 53.4 Å². The Morgan fingerprint density at radius 1 is 1.14 bits per heavy atom. The highest BCUT2D eigenvalue weighted by Crippen LogP contribution is 2.26. The zero-order valence-electron chi connectivity index (χ0n) is 16.5. The van der Waals surface area contributed by atoms with Gasteiger partial charge >= 0.3 is 0 Å². The Balaban J connectivity index is 2.10. The van der Waals surface area contributed by atoms with Gasteiger partial charge in [-0.1, -0.05) is 55.8 Å². The second-order valence-corrected chi connectivity index (χ2v) is 9.66. The van der Waals surface area contributed by atoms with E-state index in [2.05, 4.69) is 19.2 Å². The number of quaternary nitrogens is 1. The van der Waals surface area contributed by atoms with Gasteiger partial charge in [0.15, 0.2) is 6.54 Å². The molecule has 2 aromatic carbocycles. The highest BCUT2D eigenvalue weighted by molar-refractivity contribution is 7.89. The van der Waals surface area contributed by atoms with Crippen molar-refractivity contribution in [3.8, 4) is 0 Å². The summed E-state index contributed by atoms with van der Waals surface area (Å²) >= 11 is 6.15. The summed E-state index contributed by atoms with van der Waals surface area (Å²) in [5.41, 5.74) is 1.44. The highest BCUT2D eigenvalue weighted by Gasteiger charge is 2.22. The predicted molar refractivity (Wildman–Crippen MR) is 112 cm³/mol. The van der Waals surface area contributed by atoms with Crippen molar-refractivity contribution in [3.63, 3.8) is 0 Å². The number of amides is 1. The quantitative estimate of drug-likeness (QED) is 0.682. The summed E-state index contributed by atoms with van der Waals surface area (Å²) in [5, 5.41) is 4.98. The van der Waals surface area contributed by atoms with E-state index in [-0.39, 0.29) is 34.1 Å². The number of nitrogens with one attached hydrogen (secondary N) is 1. The molecule has 0 unspecified atom stereocenters. The molecule has 8 heteroatoms. The molecular weight excluding hydrogens is 398 g/mol. The lowest BCUT2D eigenvalue weighted by molar-refractivity contribution is -0.692. The Labute approximate surface area is 171 Å². The van der Waals surface area contributed by atoms with E-state index < -0.39 is 10.0 Å². The summed E-state index contributed by atoms with van der Waals surface area (Å²) in [6, 6.07) is 14.4. The molecule has 6 nitrogen and oxygen atoms in total. The lowest BCUT2D eigenvalue weighted by Crippen LogP contribution is -2.88. The van der Waals surface area contributed by atoms with Crippen LogP contribution in [0.25, 0.3) is 0 Å². The third kappa shape index (κ3) is 5.54. The summed E-state index contributed by atoms with van der Waals surface area (Å²) in [5.74, 6) is 0.0928. The van der Waals surface area contributed by atoms with E-state index in [9.17, 15) is 13.2 Å². The van der Waals surface area contributed by atoms with Gasteiger partial charge in [-0.2, -0.15) is 0 Å². The fourth-order valence-corrected chi connectivity index (χ4v) is 3.97. The molecule has 0 spiro atoms. The summed E-state index contributed by atoms with van der Waals surface area (Å²) in [4.78, 5) is 12.5. The van der Waals surface area contributed by atoms with Crippen LogP contribution in [0.2, 0.25) is 5.02 Å². The number of benzene rings is 2. The number of carbonyl (C=O) groups excluding carboxylic acids is 1. The maximum absolute atomic E-state index is 12.5. The number of carbonyl (C=O) groups is 1. The maximum Gasteiger partial charge on any atom is 0.279 e. The molecule has 0 aromatic heterocycles. The van der Waals surface area contributed by atoms with Crippen molar-refractivity contribution in [1.82, 2.24) is 4.31 Å². The standard InChI is InChI=1S/C20H26ClN3O3S/c1-14(2)20(15-8-6-5-7-9-15)22-13-19(25)23-18-12-16(10-11-17(18)21)28(26,27)24(3)4/h5-12,14,20,22H,13H2,1-4H3,(H,23,25)/p+1/t20-/m1/s1. The van der Waals surface area contributed by atoms with Gasteiger partial charge in [0.2, 0.25) is 10.0 Å². The molecule has 0 fully saturated rings. The Kier molecular flexibility index (Phi) is 7.60. The van der Waals surface area contributed by atoms with Gasteiger partial charge in [0, 0.05) is 25.6 Å². The van der Waals surface area contributed by atoms with E-state index in [0.717, 1.165) is 9.87 Å². The van der Waals surface area contributed by atoms with Crippen molar-refractivity contribution in [3.05, 3.63) is 59.1 Å². The number of hydrogen-bond acceptors (Lipinski definition) is 3. The zero-order valence-corrected chi connectivity index (χ0v) is 18.1. The summed E-state index contributed by atoms with van der Waals surface area (Å²) in [6.07, 6.45) is 0. The lowest BCUT2D eigenvalue weighted by atomic mass is 9.96. The van der Waals surface area contributed by atoms with Crippen LogP contribution in [0, 0.1) is 5.92 Å². The molecule has 0 aliphatic carbocycles. The van der Waals surface area contributed by atoms with E-state index >= 15 is 0 Å². The molecule has 152 valence electrons. The molecule has 28 heavy (non-hydrogen) atoms. The van der Waals surface area contributed by atoms with Crippen LogP contribution in [-0.4, -0.2) is 39.3 Å². The molecule has 3 N–H and O–H groups in total. The van der Waals surface area contributed by atoms with Crippen LogP contribution in [0.3, 0.4) is 0 Å². The lowest BCUT2D eigenvalue weighted by Gasteiger charge is -2.19. The molecule has 2 aromatic rings. The third-order valence-corrected chi connectivity index (χ3v) is 6.59. The first kappa shape index (κ1) is 22.4. The maximum atomic E-state index is 12.5. The first-order chi connectivity index (χ1) is 13.1. The van der Waals surface area contributed by atoms with Crippen molar-refractivity contribution in [2.24, 2.45) is 5.92 Å². The molecule has 0 aliphatic rings. The van der Waals surface area contributed by atoms with Crippen LogP contribution in [0.5, 0.6) is 0 Å². The predicted octanol–water partition coefficient (Wildman–Crippen LogP) is 2.49. The monoisotopic (exact) mass is 424 g/mol. The van der Waals surface area contributed by atoms with Crippen molar-refractivity contribution < 1.29 is 18.5 Å². The smallest absolute Gasteiger partial charge is 0.279 e. The molecule has 0 heterocycles. The normalized spacial score (nSPS) is 13.0. The number of anilines is 1. The molecule has 1 amide bonds. The van der Waals surface area contributed by atoms with Gasteiger partial charge in [0.25, 0.3) is 5.91 Å². The molecular formula is C20H27ClN3O3S+. The van der Waals surface area contributed by atoms with Crippen LogP contribution in [0.4, 0.5) is 5.69 Å². The van der Waals surface area contributed by atoms with Crippen molar-refractivity contribution in [2.45, 2.75) is 24.8 Å². The van der Waals surface area contributed by atoms with E-state index in [1.54, 1.807) is 0 Å². The van der Waals surface area contributed by atoms with Gasteiger partial charge in [-0.3, -0.25) is 4.79 Å². The number of nitrogens with zero attached hydrogens (tertiary/aromatic N) is 1. The van der Waals surface area contributed by atoms with Crippen molar-refractivity contribution in [1.29, 1.82) is 0 Å². The minimum absolute atomic E-state index is 0.0746. The number of rotatable bonds is 8. The Bertz CT molecular complexity index is 916. The zero-order chi connectivity index (χ0) is 20.9. The van der Waals surface area contributed by atoms with E-state index in [4.69, 9.17) is 11.6 Å². The van der Waals surface area contributed by atoms with Crippen molar-refractivity contribution in [2.75, 3.05) is 26.0 Å².